The minimum absolute atomic E-state index is 0.00704. The highest BCUT2D eigenvalue weighted by Crippen LogP contribution is 2.35. The normalized spacial score (nSPS) is 20.1. The molecule has 2 fully saturated rings. The summed E-state index contributed by atoms with van der Waals surface area (Å²) in [6.45, 7) is 2.48. The zero-order chi connectivity index (χ0) is 25.8. The molecule has 0 bridgehead atoms. The molecule has 0 radical (unpaired) electrons. The molecule has 3 atom stereocenters. The Morgan fingerprint density at radius 1 is 1.08 bits per heavy atom. The van der Waals surface area contributed by atoms with Crippen molar-refractivity contribution in [2.24, 2.45) is 5.92 Å². The third-order valence-corrected chi connectivity index (χ3v) is 7.69. The van der Waals surface area contributed by atoms with E-state index >= 15 is 0 Å². The molecule has 1 saturated carbocycles. The van der Waals surface area contributed by atoms with Crippen LogP contribution in [0.2, 0.25) is 0 Å². The van der Waals surface area contributed by atoms with Crippen molar-refractivity contribution >= 4 is 22.8 Å². The highest BCUT2D eigenvalue weighted by Gasteiger charge is 2.39. The summed E-state index contributed by atoms with van der Waals surface area (Å²) in [5.74, 6) is 0.411. The van der Waals surface area contributed by atoms with E-state index in [0.29, 0.717) is 12.4 Å². The summed E-state index contributed by atoms with van der Waals surface area (Å²) in [4.78, 5) is 40.4. The number of carbonyl (C=O) groups is 2. The van der Waals surface area contributed by atoms with E-state index in [1.807, 2.05) is 48.2 Å². The lowest BCUT2D eigenvalue weighted by atomic mass is 9.83. The Hall–Kier alpha value is -3.53. The van der Waals surface area contributed by atoms with Gasteiger partial charge in [0.2, 0.25) is 17.7 Å². The number of nitrogens with zero attached hydrogens (tertiary/aromatic N) is 5. The quantitative estimate of drug-likeness (QED) is 0.484. The van der Waals surface area contributed by atoms with Crippen molar-refractivity contribution in [3.8, 4) is 5.88 Å². The van der Waals surface area contributed by atoms with E-state index in [-0.39, 0.29) is 29.8 Å². The Labute approximate surface area is 216 Å². The summed E-state index contributed by atoms with van der Waals surface area (Å²) in [6.07, 6.45) is 8.74. The number of amides is 2. The molecule has 10 nitrogen and oxygen atoms in total. The van der Waals surface area contributed by atoms with Crippen LogP contribution in [0.3, 0.4) is 0 Å². The Balaban J connectivity index is 1.36. The van der Waals surface area contributed by atoms with Crippen LogP contribution in [-0.4, -0.2) is 62.5 Å². The number of likely N-dealkylation sites (tertiary alicyclic amines) is 1. The van der Waals surface area contributed by atoms with Gasteiger partial charge in [0, 0.05) is 18.8 Å². The summed E-state index contributed by atoms with van der Waals surface area (Å²) < 4.78 is 0. The van der Waals surface area contributed by atoms with Crippen LogP contribution in [0.15, 0.2) is 42.6 Å². The summed E-state index contributed by atoms with van der Waals surface area (Å²) >= 11 is 0. The Morgan fingerprint density at radius 2 is 1.89 bits per heavy atom. The van der Waals surface area contributed by atoms with Crippen LogP contribution in [0.4, 0.5) is 0 Å². The van der Waals surface area contributed by atoms with Crippen molar-refractivity contribution in [2.75, 3.05) is 13.6 Å². The zero-order valence-electron chi connectivity index (χ0n) is 21.5. The second-order valence-electron chi connectivity index (χ2n) is 10.1. The maximum absolute atomic E-state index is 14.0. The topological polar surface area (TPSA) is 114 Å². The number of hydrogen-bond donors (Lipinski definition) is 2. The van der Waals surface area contributed by atoms with Gasteiger partial charge in [-0.3, -0.25) is 9.59 Å². The molecule has 2 aromatic heterocycles. The summed E-state index contributed by atoms with van der Waals surface area (Å²) in [6, 6.07) is 10.4. The van der Waals surface area contributed by atoms with E-state index in [0.717, 1.165) is 55.1 Å². The van der Waals surface area contributed by atoms with Gasteiger partial charge in [-0.25, -0.2) is 4.98 Å². The van der Waals surface area contributed by atoms with Crippen LogP contribution in [-0.2, 0) is 9.59 Å². The second kappa shape index (κ2) is 11.2. The van der Waals surface area contributed by atoms with Gasteiger partial charge in [0.15, 0.2) is 0 Å². The third-order valence-electron chi connectivity index (χ3n) is 7.69. The molecule has 196 valence electrons. The van der Waals surface area contributed by atoms with Gasteiger partial charge < -0.3 is 20.4 Å². The standard InChI is InChI=1S/C27H35N7O3/c1-18(28-2)26(35)30-25(19-9-4-3-5-10-19)27(36)33-16-8-13-22(33)20-14-15-29-24(17-20)37-34-23-12-7-6-11-21(23)31-32-34/h6-7,11-12,14-15,17-19,22,25,28H,3-5,8-10,13,16H2,1-2H3,(H,30,35). The number of aromatic nitrogens is 4. The number of para-hydroxylation sites is 1. The second-order valence-corrected chi connectivity index (χ2v) is 10.1. The molecule has 5 rings (SSSR count). The molecule has 2 amide bonds. The fourth-order valence-corrected chi connectivity index (χ4v) is 5.50. The van der Waals surface area contributed by atoms with Gasteiger partial charge in [-0.1, -0.05) is 36.2 Å². The van der Waals surface area contributed by atoms with E-state index in [4.69, 9.17) is 4.84 Å². The molecule has 10 heteroatoms. The van der Waals surface area contributed by atoms with Crippen LogP contribution in [0.1, 0.15) is 63.5 Å². The Morgan fingerprint density at radius 3 is 2.70 bits per heavy atom. The van der Waals surface area contributed by atoms with Gasteiger partial charge >= 0.3 is 0 Å². The first kappa shape index (κ1) is 25.1. The predicted molar refractivity (Wildman–Crippen MR) is 139 cm³/mol. The molecule has 1 aromatic carbocycles. The van der Waals surface area contributed by atoms with Crippen molar-refractivity contribution in [1.82, 2.24) is 35.7 Å². The van der Waals surface area contributed by atoms with Gasteiger partial charge in [-0.15, -0.1) is 5.10 Å². The van der Waals surface area contributed by atoms with E-state index in [2.05, 4.69) is 25.9 Å². The van der Waals surface area contributed by atoms with Crippen molar-refractivity contribution < 1.29 is 14.4 Å². The summed E-state index contributed by atoms with van der Waals surface area (Å²) in [5.41, 5.74) is 2.43. The molecule has 37 heavy (non-hydrogen) atoms. The van der Waals surface area contributed by atoms with Gasteiger partial charge in [0.05, 0.1) is 12.1 Å². The van der Waals surface area contributed by atoms with Crippen molar-refractivity contribution in [3.05, 3.63) is 48.2 Å². The van der Waals surface area contributed by atoms with Gasteiger partial charge in [0.25, 0.3) is 0 Å². The molecule has 1 saturated heterocycles. The SMILES string of the molecule is CNC(C)C(=O)NC(C(=O)N1CCCC1c1ccnc(On2nnc3ccccc32)c1)C1CCCCC1. The van der Waals surface area contributed by atoms with Crippen LogP contribution >= 0.6 is 0 Å². The number of rotatable bonds is 8. The molecule has 3 aromatic rings. The summed E-state index contributed by atoms with van der Waals surface area (Å²) in [7, 11) is 1.75. The maximum atomic E-state index is 14.0. The first-order valence-electron chi connectivity index (χ1n) is 13.3. The molecule has 1 aliphatic heterocycles. The number of pyridine rings is 1. The minimum atomic E-state index is -0.511. The van der Waals surface area contributed by atoms with Gasteiger partial charge in [0.1, 0.15) is 17.1 Å². The average Bonchev–Trinajstić information content (AvgIpc) is 3.59. The van der Waals surface area contributed by atoms with Crippen LogP contribution in [0.5, 0.6) is 5.88 Å². The lowest BCUT2D eigenvalue weighted by Gasteiger charge is -2.35. The van der Waals surface area contributed by atoms with Gasteiger partial charge in [-0.05, 0) is 74.5 Å². The highest BCUT2D eigenvalue weighted by atomic mass is 16.7. The van der Waals surface area contributed by atoms with E-state index < -0.39 is 6.04 Å². The molecule has 1 aliphatic carbocycles. The molecule has 2 aliphatic rings. The molecule has 0 spiro atoms. The minimum Gasteiger partial charge on any atom is -0.343 e. The molecular formula is C27H35N7O3. The fraction of sp³-hybridized carbons (Fsp3) is 0.519. The van der Waals surface area contributed by atoms with Crippen LogP contribution < -0.4 is 15.5 Å². The number of fused-ring (bicyclic) bond motifs is 1. The number of carbonyl (C=O) groups excluding carboxylic acids is 2. The van der Waals surface area contributed by atoms with E-state index in [1.54, 1.807) is 13.2 Å². The fourth-order valence-electron chi connectivity index (χ4n) is 5.50. The van der Waals surface area contributed by atoms with Crippen LogP contribution in [0.25, 0.3) is 11.0 Å². The number of nitrogens with one attached hydrogen (secondary N) is 2. The Bertz CT molecular complexity index is 1240. The number of hydrogen-bond acceptors (Lipinski definition) is 7. The average molecular weight is 506 g/mol. The first-order valence-corrected chi connectivity index (χ1v) is 13.3. The predicted octanol–water partition coefficient (Wildman–Crippen LogP) is 3.00. The maximum Gasteiger partial charge on any atom is 0.249 e. The third kappa shape index (κ3) is 5.44. The molecule has 3 unspecified atom stereocenters. The van der Waals surface area contributed by atoms with E-state index in [9.17, 15) is 9.59 Å². The first-order chi connectivity index (χ1) is 18.0. The largest absolute Gasteiger partial charge is 0.343 e. The van der Waals surface area contributed by atoms with Gasteiger partial charge in [-0.2, -0.15) is 0 Å². The van der Waals surface area contributed by atoms with E-state index in [1.165, 1.54) is 11.3 Å². The summed E-state index contributed by atoms with van der Waals surface area (Å²) in [5, 5.41) is 14.3. The zero-order valence-corrected chi connectivity index (χ0v) is 21.5. The number of benzene rings is 1. The Kier molecular flexibility index (Phi) is 7.64. The smallest absolute Gasteiger partial charge is 0.249 e. The highest BCUT2D eigenvalue weighted by molar-refractivity contribution is 5.90. The molecular weight excluding hydrogens is 470 g/mol. The lowest BCUT2D eigenvalue weighted by Crippen LogP contribution is -2.55. The number of likely N-dealkylation sites (N-methyl/N-ethyl adjacent to an activating group) is 1. The van der Waals surface area contributed by atoms with Crippen molar-refractivity contribution in [3.63, 3.8) is 0 Å². The molecule has 3 heterocycles. The lowest BCUT2D eigenvalue weighted by molar-refractivity contribution is -0.139. The molecule has 2 N–H and O–H groups in total. The monoisotopic (exact) mass is 505 g/mol. The van der Waals surface area contributed by atoms with Crippen molar-refractivity contribution in [2.45, 2.75) is 70.0 Å². The van der Waals surface area contributed by atoms with Crippen molar-refractivity contribution in [1.29, 1.82) is 0 Å². The van der Waals surface area contributed by atoms with Crippen LogP contribution in [0, 0.1) is 5.92 Å².